The summed E-state index contributed by atoms with van der Waals surface area (Å²) in [6.07, 6.45) is 1.06. The van der Waals surface area contributed by atoms with E-state index in [0.29, 0.717) is 12.0 Å². The minimum atomic E-state index is 0.511. The zero-order valence-corrected chi connectivity index (χ0v) is 9.42. The molecule has 0 aromatic heterocycles. The van der Waals surface area contributed by atoms with E-state index in [9.17, 15) is 0 Å². The number of methoxy groups -OCH3 is 1. The Morgan fingerprint density at radius 1 is 1.38 bits per heavy atom. The quantitative estimate of drug-likeness (QED) is 0.646. The third-order valence-electron chi connectivity index (χ3n) is 2.39. The predicted octanol–water partition coefficient (Wildman–Crippen LogP) is 0.938. The molecule has 13 heavy (non-hydrogen) atoms. The van der Waals surface area contributed by atoms with Crippen molar-refractivity contribution >= 4 is 0 Å². The van der Waals surface area contributed by atoms with Crippen LogP contribution in [0, 0.1) is 5.92 Å². The van der Waals surface area contributed by atoms with Crippen molar-refractivity contribution in [2.24, 2.45) is 11.7 Å². The molecule has 0 aromatic carbocycles. The van der Waals surface area contributed by atoms with Gasteiger partial charge in [0.2, 0.25) is 0 Å². The molecule has 0 aliphatic carbocycles. The molecule has 0 heterocycles. The van der Waals surface area contributed by atoms with Crippen LogP contribution in [0.1, 0.15) is 20.3 Å². The lowest BCUT2D eigenvalue weighted by Crippen LogP contribution is -2.40. The van der Waals surface area contributed by atoms with Gasteiger partial charge in [-0.15, -0.1) is 0 Å². The smallest absolute Gasteiger partial charge is 0.0620 e. The van der Waals surface area contributed by atoms with E-state index < -0.39 is 0 Å². The molecule has 0 saturated heterocycles. The van der Waals surface area contributed by atoms with Crippen LogP contribution in [0.4, 0.5) is 0 Å². The monoisotopic (exact) mass is 188 g/mol. The molecule has 3 heteroatoms. The van der Waals surface area contributed by atoms with Crippen LogP contribution in [-0.4, -0.2) is 44.8 Å². The van der Waals surface area contributed by atoms with E-state index in [4.69, 9.17) is 10.5 Å². The van der Waals surface area contributed by atoms with E-state index >= 15 is 0 Å². The summed E-state index contributed by atoms with van der Waals surface area (Å²) < 4.78 is 5.19. The second-order valence-electron chi connectivity index (χ2n) is 3.89. The molecule has 0 radical (unpaired) electrons. The van der Waals surface area contributed by atoms with Crippen molar-refractivity contribution in [1.29, 1.82) is 0 Å². The van der Waals surface area contributed by atoms with Crippen LogP contribution in [0.15, 0.2) is 0 Å². The van der Waals surface area contributed by atoms with Gasteiger partial charge in [0.05, 0.1) is 6.61 Å². The molecule has 0 fully saturated rings. The van der Waals surface area contributed by atoms with Gasteiger partial charge in [-0.3, -0.25) is 0 Å². The summed E-state index contributed by atoms with van der Waals surface area (Å²) in [6.45, 7) is 7.08. The molecule has 0 bridgehead atoms. The second-order valence-corrected chi connectivity index (χ2v) is 3.89. The normalized spacial score (nSPS) is 14.1. The SMILES string of the molecule is COCC(C(C)C)N(C)CCCN. The summed E-state index contributed by atoms with van der Waals surface area (Å²) in [5.41, 5.74) is 5.47. The summed E-state index contributed by atoms with van der Waals surface area (Å²) in [7, 11) is 3.89. The fraction of sp³-hybridized carbons (Fsp3) is 1.00. The van der Waals surface area contributed by atoms with Gasteiger partial charge in [-0.25, -0.2) is 0 Å². The summed E-state index contributed by atoms with van der Waals surface area (Å²) in [4.78, 5) is 2.33. The van der Waals surface area contributed by atoms with E-state index in [1.165, 1.54) is 0 Å². The van der Waals surface area contributed by atoms with Crippen molar-refractivity contribution in [1.82, 2.24) is 4.90 Å². The van der Waals surface area contributed by atoms with Crippen LogP contribution in [0.3, 0.4) is 0 Å². The van der Waals surface area contributed by atoms with E-state index in [2.05, 4.69) is 25.8 Å². The molecule has 0 amide bonds. The second kappa shape index (κ2) is 7.30. The fourth-order valence-corrected chi connectivity index (χ4v) is 1.51. The first-order chi connectivity index (χ1) is 6.13. The van der Waals surface area contributed by atoms with E-state index in [1.807, 2.05) is 0 Å². The Balaban J connectivity index is 3.87. The van der Waals surface area contributed by atoms with Gasteiger partial charge in [0.1, 0.15) is 0 Å². The predicted molar refractivity (Wildman–Crippen MR) is 56.8 cm³/mol. The molecule has 80 valence electrons. The van der Waals surface area contributed by atoms with Gasteiger partial charge in [0.25, 0.3) is 0 Å². The highest BCUT2D eigenvalue weighted by atomic mass is 16.5. The highest BCUT2D eigenvalue weighted by molar-refractivity contribution is 4.71. The third kappa shape index (κ3) is 5.24. The first kappa shape index (κ1) is 12.9. The summed E-state index contributed by atoms with van der Waals surface area (Å²) in [5.74, 6) is 0.628. The number of ether oxygens (including phenoxy) is 1. The third-order valence-corrected chi connectivity index (χ3v) is 2.39. The minimum absolute atomic E-state index is 0.511. The maximum atomic E-state index is 5.47. The minimum Gasteiger partial charge on any atom is -0.383 e. The summed E-state index contributed by atoms with van der Waals surface area (Å²) in [6, 6.07) is 0.511. The van der Waals surface area contributed by atoms with Crippen molar-refractivity contribution in [2.45, 2.75) is 26.3 Å². The average Bonchev–Trinajstić information content (AvgIpc) is 2.09. The van der Waals surface area contributed by atoms with Crippen LogP contribution in [0.2, 0.25) is 0 Å². The van der Waals surface area contributed by atoms with Gasteiger partial charge in [0.15, 0.2) is 0 Å². The lowest BCUT2D eigenvalue weighted by Gasteiger charge is -2.30. The lowest BCUT2D eigenvalue weighted by atomic mass is 10.0. The maximum absolute atomic E-state index is 5.47. The molecule has 0 rings (SSSR count). The van der Waals surface area contributed by atoms with Gasteiger partial charge >= 0.3 is 0 Å². The van der Waals surface area contributed by atoms with Crippen LogP contribution in [0.25, 0.3) is 0 Å². The Morgan fingerprint density at radius 3 is 2.38 bits per heavy atom. The Morgan fingerprint density at radius 2 is 2.00 bits per heavy atom. The van der Waals surface area contributed by atoms with Crippen molar-refractivity contribution in [3.8, 4) is 0 Å². The van der Waals surface area contributed by atoms with Crippen LogP contribution < -0.4 is 5.73 Å². The average molecular weight is 188 g/mol. The molecular weight excluding hydrogens is 164 g/mol. The molecule has 3 nitrogen and oxygen atoms in total. The highest BCUT2D eigenvalue weighted by Crippen LogP contribution is 2.09. The van der Waals surface area contributed by atoms with Crippen molar-refractivity contribution in [3.63, 3.8) is 0 Å². The zero-order chi connectivity index (χ0) is 10.3. The van der Waals surface area contributed by atoms with Gasteiger partial charge < -0.3 is 15.4 Å². The van der Waals surface area contributed by atoms with Crippen LogP contribution in [-0.2, 0) is 4.74 Å². The molecule has 1 unspecified atom stereocenters. The van der Waals surface area contributed by atoms with Gasteiger partial charge in [-0.1, -0.05) is 13.8 Å². The highest BCUT2D eigenvalue weighted by Gasteiger charge is 2.17. The molecular formula is C10H24N2O. The largest absolute Gasteiger partial charge is 0.383 e. The first-order valence-corrected chi connectivity index (χ1v) is 5.02. The molecule has 0 spiro atoms. The summed E-state index contributed by atoms with van der Waals surface area (Å²) in [5, 5.41) is 0. The van der Waals surface area contributed by atoms with Gasteiger partial charge in [0, 0.05) is 13.2 Å². The van der Waals surface area contributed by atoms with E-state index in [0.717, 1.165) is 26.1 Å². The Kier molecular flexibility index (Phi) is 7.23. The summed E-state index contributed by atoms with van der Waals surface area (Å²) >= 11 is 0. The van der Waals surface area contributed by atoms with Crippen LogP contribution >= 0.6 is 0 Å². The molecule has 0 aliphatic rings. The van der Waals surface area contributed by atoms with Crippen molar-refractivity contribution in [2.75, 3.05) is 33.9 Å². The number of hydrogen-bond donors (Lipinski definition) is 1. The Labute approximate surface area is 82.2 Å². The van der Waals surface area contributed by atoms with E-state index in [1.54, 1.807) is 7.11 Å². The first-order valence-electron chi connectivity index (χ1n) is 5.02. The van der Waals surface area contributed by atoms with Crippen LogP contribution in [0.5, 0.6) is 0 Å². The van der Waals surface area contributed by atoms with Crippen molar-refractivity contribution < 1.29 is 4.74 Å². The standard InChI is InChI=1S/C10H24N2O/c1-9(2)10(8-13-4)12(3)7-5-6-11/h9-10H,5-8,11H2,1-4H3. The van der Waals surface area contributed by atoms with Gasteiger partial charge in [-0.2, -0.15) is 0 Å². The molecule has 0 saturated carbocycles. The fourth-order valence-electron chi connectivity index (χ4n) is 1.51. The van der Waals surface area contributed by atoms with E-state index in [-0.39, 0.29) is 0 Å². The number of hydrogen-bond acceptors (Lipinski definition) is 3. The number of likely N-dealkylation sites (N-methyl/N-ethyl adjacent to an activating group) is 1. The molecule has 2 N–H and O–H groups in total. The number of nitrogens with zero attached hydrogens (tertiary/aromatic N) is 1. The maximum Gasteiger partial charge on any atom is 0.0620 e. The van der Waals surface area contributed by atoms with Gasteiger partial charge in [-0.05, 0) is 32.5 Å². The number of nitrogens with two attached hydrogens (primary N) is 1. The topological polar surface area (TPSA) is 38.5 Å². The molecule has 1 atom stereocenters. The lowest BCUT2D eigenvalue weighted by molar-refractivity contribution is 0.0800. The molecule has 0 aromatic rings. The Bertz CT molecular complexity index is 117. The van der Waals surface area contributed by atoms with Crippen molar-refractivity contribution in [3.05, 3.63) is 0 Å². The molecule has 0 aliphatic heterocycles. The Hall–Kier alpha value is -0.120. The zero-order valence-electron chi connectivity index (χ0n) is 9.42. The number of rotatable bonds is 7.